The van der Waals surface area contributed by atoms with Crippen molar-refractivity contribution >= 4 is 43.6 Å². The van der Waals surface area contributed by atoms with Crippen LogP contribution in [0.2, 0.25) is 0 Å². The van der Waals surface area contributed by atoms with Gasteiger partial charge in [0.05, 0.1) is 36.3 Å². The molecule has 6 aromatic rings. The number of aliphatic carboxylic acids is 1. The highest BCUT2D eigenvalue weighted by Gasteiger charge is 2.28. The van der Waals surface area contributed by atoms with Gasteiger partial charge in [-0.05, 0) is 133 Å². The van der Waals surface area contributed by atoms with E-state index in [1.54, 1.807) is 36.7 Å². The number of amides is 1. The number of benzene rings is 2. The number of nitrogens with two attached hydrogens (primary N) is 1. The van der Waals surface area contributed by atoms with Crippen LogP contribution in [0.4, 0.5) is 20.4 Å². The van der Waals surface area contributed by atoms with Gasteiger partial charge in [-0.15, -0.1) is 0 Å². The molecule has 0 saturated carbocycles. The van der Waals surface area contributed by atoms with Crippen molar-refractivity contribution < 1.29 is 40.3 Å². The van der Waals surface area contributed by atoms with E-state index in [1.807, 2.05) is 55.4 Å². The van der Waals surface area contributed by atoms with E-state index in [-0.39, 0.29) is 34.5 Å². The van der Waals surface area contributed by atoms with Gasteiger partial charge in [0.25, 0.3) is 10.0 Å². The minimum absolute atomic E-state index is 0.0553. The van der Waals surface area contributed by atoms with E-state index in [4.69, 9.17) is 5.14 Å². The van der Waals surface area contributed by atoms with Gasteiger partial charge in [0.1, 0.15) is 33.1 Å². The fourth-order valence-corrected chi connectivity index (χ4v) is 8.89. The van der Waals surface area contributed by atoms with Crippen molar-refractivity contribution in [3.05, 3.63) is 120 Å². The Morgan fingerprint density at radius 3 is 2.18 bits per heavy atom. The number of sulfonamides is 2. The highest BCUT2D eigenvalue weighted by atomic mass is 32.2. The van der Waals surface area contributed by atoms with E-state index in [0.29, 0.717) is 69.2 Å². The molecule has 4 bridgehead atoms. The number of rotatable bonds is 10. The molecule has 356 valence electrons. The molecule has 0 atom stereocenters. The average molecular weight is 961 g/mol. The van der Waals surface area contributed by atoms with E-state index >= 15 is 0 Å². The molecular formula is C46H54F2N10O7S2. The average Bonchev–Trinajstić information content (AvgIpc) is 3.97. The second-order valence-electron chi connectivity index (χ2n) is 18.1. The summed E-state index contributed by atoms with van der Waals surface area (Å²) >= 11 is 0. The van der Waals surface area contributed by atoms with Gasteiger partial charge in [-0.2, -0.15) is 10.2 Å². The smallest absolute Gasteiger partial charge is 0.307 e. The zero-order valence-corrected chi connectivity index (χ0v) is 39.9. The molecule has 1 amide bonds. The number of hydrogen-bond acceptors (Lipinski definition) is 12. The maximum atomic E-state index is 14.6. The summed E-state index contributed by atoms with van der Waals surface area (Å²) in [5.41, 5.74) is 3.50. The molecule has 1 aliphatic heterocycles. The third-order valence-corrected chi connectivity index (χ3v) is 13.4. The lowest BCUT2D eigenvalue weighted by molar-refractivity contribution is -0.136. The second kappa shape index (κ2) is 19.3. The standard InChI is InChI=1S/C23H28FN5O4S.C23H26FN5O3S/c1-14(2)18-8-16(24)9-19(20(18)10-22(30)31)15-5-6-26-21(7-15)27-13-23(3,4)29-12-17(11-28-29)34(25,32)33;1-14(2)18-8-16(24)9-19-15-5-6-25-21(7-15)26-13-23(3,4)29-12-17(11-27-29)33(31,32)28-22(30)10-20(18)19/h5-9,11-12,14H,10,13H2,1-4H3,(H,26,27)(H,30,31)(H2,25,32,33);5-9,11-12,14H,10,13H2,1-4H3,(H,25,26)(H,28,30). The van der Waals surface area contributed by atoms with Crippen LogP contribution in [0.3, 0.4) is 0 Å². The number of pyridine rings is 2. The van der Waals surface area contributed by atoms with Crippen molar-refractivity contribution in [3.8, 4) is 22.3 Å². The Morgan fingerprint density at radius 2 is 1.55 bits per heavy atom. The molecule has 0 aliphatic carbocycles. The number of carbonyl (C=O) groups excluding carboxylic acids is 1. The lowest BCUT2D eigenvalue weighted by Gasteiger charge is -2.26. The SMILES string of the molecule is CC(C)c1cc(F)cc(-c2ccnc(NCC(C)(C)n3cc(S(N)(=O)=O)cn3)c2)c1CC(=O)O.CC(C)c1cc(F)cc2c1CC(=O)NS(=O)(=O)c1cnn(c1)C(C)(C)CNc1cc-2ccn1. The van der Waals surface area contributed by atoms with Crippen molar-refractivity contribution in [2.45, 2.75) is 101 Å². The Morgan fingerprint density at radius 1 is 0.925 bits per heavy atom. The summed E-state index contributed by atoms with van der Waals surface area (Å²) in [6.07, 6.45) is 7.87. The second-order valence-corrected chi connectivity index (χ2v) is 21.3. The number of nitrogens with zero attached hydrogens (tertiary/aromatic N) is 6. The van der Waals surface area contributed by atoms with Gasteiger partial charge in [-0.1, -0.05) is 27.7 Å². The first-order valence-corrected chi connectivity index (χ1v) is 24.2. The van der Waals surface area contributed by atoms with Crippen LogP contribution >= 0.6 is 0 Å². The Kier molecular flexibility index (Phi) is 14.4. The van der Waals surface area contributed by atoms with Crippen LogP contribution < -0.4 is 20.5 Å². The van der Waals surface area contributed by atoms with Crippen LogP contribution in [0.5, 0.6) is 0 Å². The first kappa shape index (κ1) is 49.8. The lowest BCUT2D eigenvalue weighted by Crippen LogP contribution is -2.35. The summed E-state index contributed by atoms with van der Waals surface area (Å²) in [6, 6.07) is 12.4. The number of anilines is 2. The molecule has 2 aromatic carbocycles. The summed E-state index contributed by atoms with van der Waals surface area (Å²) in [5.74, 6) is -1.66. The van der Waals surface area contributed by atoms with Crippen molar-refractivity contribution in [3.63, 3.8) is 0 Å². The van der Waals surface area contributed by atoms with E-state index in [2.05, 4.69) is 35.5 Å². The monoisotopic (exact) mass is 960 g/mol. The number of halogens is 2. The summed E-state index contributed by atoms with van der Waals surface area (Å²) in [5, 5.41) is 29.3. The van der Waals surface area contributed by atoms with Gasteiger partial charge in [-0.25, -0.2) is 45.4 Å². The number of carbonyl (C=O) groups is 2. The molecule has 0 radical (unpaired) electrons. The lowest BCUT2D eigenvalue weighted by atomic mass is 9.88. The van der Waals surface area contributed by atoms with Crippen LogP contribution in [0, 0.1) is 11.6 Å². The molecule has 0 spiro atoms. The Balaban J connectivity index is 0.000000221. The number of primary sulfonamides is 1. The summed E-state index contributed by atoms with van der Waals surface area (Å²) in [4.78, 5) is 32.9. The van der Waals surface area contributed by atoms with E-state index in [0.717, 1.165) is 0 Å². The largest absolute Gasteiger partial charge is 0.481 e. The van der Waals surface area contributed by atoms with Crippen molar-refractivity contribution in [2.75, 3.05) is 23.7 Å². The van der Waals surface area contributed by atoms with Crippen LogP contribution in [0.25, 0.3) is 22.3 Å². The summed E-state index contributed by atoms with van der Waals surface area (Å²) < 4.78 is 83.0. The first-order chi connectivity index (χ1) is 31.2. The molecule has 0 unspecified atom stereocenters. The predicted molar refractivity (Wildman–Crippen MR) is 249 cm³/mol. The molecule has 1 aliphatic rings. The predicted octanol–water partition coefficient (Wildman–Crippen LogP) is 6.75. The highest BCUT2D eigenvalue weighted by molar-refractivity contribution is 7.90. The normalized spacial score (nSPS) is 14.7. The van der Waals surface area contributed by atoms with Crippen molar-refractivity contribution in [2.24, 2.45) is 5.14 Å². The van der Waals surface area contributed by atoms with Crippen LogP contribution in [-0.2, 0) is 53.6 Å². The molecule has 0 fully saturated rings. The topological polar surface area (TPSA) is 246 Å². The van der Waals surface area contributed by atoms with E-state index in [1.165, 1.54) is 58.4 Å². The summed E-state index contributed by atoms with van der Waals surface area (Å²) in [7, 11) is -7.99. The highest BCUT2D eigenvalue weighted by Crippen LogP contribution is 2.35. The fraction of sp³-hybridized carbons (Fsp3) is 0.348. The molecule has 21 heteroatoms. The van der Waals surface area contributed by atoms with E-state index in [9.17, 15) is 40.3 Å². The van der Waals surface area contributed by atoms with E-state index < -0.39 is 54.6 Å². The first-order valence-electron chi connectivity index (χ1n) is 21.2. The minimum atomic E-state index is -4.13. The van der Waals surface area contributed by atoms with Crippen molar-refractivity contribution in [1.82, 2.24) is 34.3 Å². The number of nitrogens with one attached hydrogen (secondary N) is 3. The molecule has 67 heavy (non-hydrogen) atoms. The van der Waals surface area contributed by atoms with Gasteiger partial charge >= 0.3 is 5.97 Å². The van der Waals surface area contributed by atoms with Gasteiger partial charge in [0, 0.05) is 37.9 Å². The minimum Gasteiger partial charge on any atom is -0.481 e. The molecular weight excluding hydrogens is 907 g/mol. The van der Waals surface area contributed by atoms with Gasteiger partial charge < -0.3 is 15.7 Å². The number of fused-ring (bicyclic) bond motifs is 6. The Hall–Kier alpha value is -6.58. The number of carboxylic acid groups (broad SMARTS) is 1. The molecule has 0 saturated heterocycles. The van der Waals surface area contributed by atoms with Crippen LogP contribution in [0.1, 0.15) is 89.5 Å². The number of aromatic nitrogens is 6. The zero-order valence-electron chi connectivity index (χ0n) is 38.3. The molecule has 6 N–H and O–H groups in total. The Labute approximate surface area is 388 Å². The third-order valence-electron chi connectivity index (χ3n) is 11.2. The Bertz CT molecular complexity index is 3060. The van der Waals surface area contributed by atoms with Gasteiger partial charge in [-0.3, -0.25) is 19.0 Å². The van der Waals surface area contributed by atoms with Gasteiger partial charge in [0.2, 0.25) is 15.9 Å². The summed E-state index contributed by atoms with van der Waals surface area (Å²) in [6.45, 7) is 15.8. The number of hydrogen-bond donors (Lipinski definition) is 5. The fourth-order valence-electron chi connectivity index (χ4n) is 7.54. The zero-order chi connectivity index (χ0) is 49.2. The van der Waals surface area contributed by atoms with Crippen molar-refractivity contribution in [1.29, 1.82) is 0 Å². The molecule has 4 aromatic heterocycles. The quantitative estimate of drug-likeness (QED) is 0.0956. The van der Waals surface area contributed by atoms with Gasteiger partial charge in [0.15, 0.2) is 0 Å². The molecule has 17 nitrogen and oxygen atoms in total. The third kappa shape index (κ3) is 11.9. The maximum Gasteiger partial charge on any atom is 0.307 e. The molecule has 7 rings (SSSR count). The van der Waals surface area contributed by atoms with Crippen LogP contribution in [0.15, 0.2) is 95.5 Å². The maximum absolute atomic E-state index is 14.6. The molecule has 5 heterocycles. The van der Waals surface area contributed by atoms with Crippen LogP contribution in [-0.4, -0.2) is 76.4 Å². The number of carboxylic acids is 1.